The van der Waals surface area contributed by atoms with E-state index in [4.69, 9.17) is 9.84 Å². The third-order valence-corrected chi connectivity index (χ3v) is 1.65. The molecular weight excluding hydrogens is 192 g/mol. The Balaban J connectivity index is 2.86. The van der Waals surface area contributed by atoms with Gasteiger partial charge < -0.3 is 9.84 Å². The Kier molecular flexibility index (Phi) is 3.68. The molecule has 0 fully saturated rings. The molecule has 0 unspecified atom stereocenters. The van der Waals surface area contributed by atoms with Crippen molar-refractivity contribution >= 4 is 5.97 Å². The van der Waals surface area contributed by atoms with Crippen molar-refractivity contribution in [2.45, 2.75) is 6.92 Å². The Bertz CT molecular complexity index is 391. The number of hydrogen-bond acceptors (Lipinski definition) is 2. The lowest BCUT2D eigenvalue weighted by atomic mass is 10.2. The minimum absolute atomic E-state index is 0.258. The van der Waals surface area contributed by atoms with E-state index in [0.717, 1.165) is 6.08 Å². The summed E-state index contributed by atoms with van der Waals surface area (Å²) in [5, 5.41) is 8.61. The minimum Gasteiger partial charge on any atom is -0.478 e. The number of carboxylic acid groups (broad SMARTS) is 1. The van der Waals surface area contributed by atoms with Crippen LogP contribution in [0, 0.1) is 0 Å². The van der Waals surface area contributed by atoms with Gasteiger partial charge in [-0.25, -0.2) is 4.79 Å². The van der Waals surface area contributed by atoms with Crippen LogP contribution in [-0.2, 0) is 4.79 Å². The van der Waals surface area contributed by atoms with Crippen LogP contribution in [0.2, 0.25) is 0 Å². The molecule has 0 atom stereocenters. The maximum atomic E-state index is 10.5. The maximum absolute atomic E-state index is 10.5. The van der Waals surface area contributed by atoms with Gasteiger partial charge in [-0.1, -0.05) is 24.8 Å². The number of allylic oxidation sites excluding steroid dienone is 1. The number of aliphatic carboxylic acids is 1. The first-order chi connectivity index (χ1) is 7.09. The maximum Gasteiger partial charge on any atom is 0.332 e. The molecule has 0 saturated carbocycles. The quantitative estimate of drug-likeness (QED) is 0.466. The molecule has 0 spiro atoms. The van der Waals surface area contributed by atoms with Crippen LogP contribution in [0.1, 0.15) is 6.92 Å². The third-order valence-electron chi connectivity index (χ3n) is 1.65. The molecule has 3 heteroatoms. The summed E-state index contributed by atoms with van der Waals surface area (Å²) in [6, 6.07) is 8.98. The van der Waals surface area contributed by atoms with Crippen LogP contribution < -0.4 is 4.74 Å². The van der Waals surface area contributed by atoms with E-state index in [1.807, 2.05) is 18.2 Å². The summed E-state index contributed by atoms with van der Waals surface area (Å²) in [6.45, 7) is 5.34. The van der Waals surface area contributed by atoms with E-state index in [1.165, 1.54) is 0 Å². The molecule has 15 heavy (non-hydrogen) atoms. The van der Waals surface area contributed by atoms with Crippen LogP contribution in [0.3, 0.4) is 0 Å². The number of ether oxygens (including phenoxy) is 1. The van der Waals surface area contributed by atoms with Gasteiger partial charge in [0.25, 0.3) is 0 Å². The monoisotopic (exact) mass is 204 g/mol. The van der Waals surface area contributed by atoms with Crippen LogP contribution >= 0.6 is 0 Å². The molecule has 1 aromatic rings. The summed E-state index contributed by atoms with van der Waals surface area (Å²) < 4.78 is 5.37. The van der Waals surface area contributed by atoms with Crippen molar-refractivity contribution in [3.63, 3.8) is 0 Å². The van der Waals surface area contributed by atoms with Gasteiger partial charge in [0, 0.05) is 0 Å². The molecule has 1 N–H and O–H groups in total. The van der Waals surface area contributed by atoms with E-state index in [0.29, 0.717) is 11.3 Å². The Morgan fingerprint density at radius 3 is 2.47 bits per heavy atom. The van der Waals surface area contributed by atoms with Gasteiger partial charge in [0.2, 0.25) is 0 Å². The van der Waals surface area contributed by atoms with E-state index >= 15 is 0 Å². The highest BCUT2D eigenvalue weighted by Gasteiger charge is 2.04. The molecule has 3 nitrogen and oxygen atoms in total. The number of benzene rings is 1. The van der Waals surface area contributed by atoms with Gasteiger partial charge in [-0.2, -0.15) is 0 Å². The lowest BCUT2D eigenvalue weighted by Gasteiger charge is -2.08. The molecule has 0 radical (unpaired) electrons. The lowest BCUT2D eigenvalue weighted by molar-refractivity contribution is -0.131. The molecule has 1 aromatic carbocycles. The van der Waals surface area contributed by atoms with E-state index in [-0.39, 0.29) is 5.76 Å². The summed E-state index contributed by atoms with van der Waals surface area (Å²) in [5.41, 5.74) is 0.571. The van der Waals surface area contributed by atoms with Crippen molar-refractivity contribution in [1.82, 2.24) is 0 Å². The zero-order valence-electron chi connectivity index (χ0n) is 8.43. The Labute approximate surface area is 88.3 Å². The highest BCUT2D eigenvalue weighted by Crippen LogP contribution is 2.16. The molecule has 0 amide bonds. The Morgan fingerprint density at radius 2 is 2.00 bits per heavy atom. The molecule has 0 aliphatic carbocycles. The number of carboxylic acids is 1. The molecular formula is C12H12O3. The van der Waals surface area contributed by atoms with E-state index in [9.17, 15) is 4.79 Å². The molecule has 0 aliphatic rings. The number of rotatable bonds is 4. The summed E-state index contributed by atoms with van der Waals surface area (Å²) in [4.78, 5) is 10.5. The van der Waals surface area contributed by atoms with Crippen LogP contribution in [-0.4, -0.2) is 11.1 Å². The predicted molar refractivity (Wildman–Crippen MR) is 57.6 cm³/mol. The highest BCUT2D eigenvalue weighted by atomic mass is 16.5. The molecule has 1 rings (SSSR count). The second kappa shape index (κ2) is 5.00. The first-order valence-electron chi connectivity index (χ1n) is 4.43. The fraction of sp³-hybridized carbons (Fsp3) is 0.0833. The van der Waals surface area contributed by atoms with Crippen molar-refractivity contribution in [2.24, 2.45) is 0 Å². The zero-order valence-corrected chi connectivity index (χ0v) is 8.43. The molecule has 0 saturated heterocycles. The lowest BCUT2D eigenvalue weighted by Crippen LogP contribution is -2.00. The largest absolute Gasteiger partial charge is 0.478 e. The predicted octanol–water partition coefficient (Wildman–Crippen LogP) is 2.61. The number of para-hydroxylation sites is 1. The second-order valence-electron chi connectivity index (χ2n) is 3.04. The van der Waals surface area contributed by atoms with E-state index < -0.39 is 5.97 Å². The topological polar surface area (TPSA) is 46.5 Å². The average Bonchev–Trinajstić information content (AvgIpc) is 2.17. The van der Waals surface area contributed by atoms with Gasteiger partial charge in [-0.15, -0.1) is 0 Å². The molecule has 0 heterocycles. The average molecular weight is 204 g/mol. The van der Waals surface area contributed by atoms with Crippen molar-refractivity contribution in [2.75, 3.05) is 0 Å². The fourth-order valence-corrected chi connectivity index (χ4v) is 0.967. The zero-order chi connectivity index (χ0) is 11.3. The van der Waals surface area contributed by atoms with E-state index in [2.05, 4.69) is 6.58 Å². The summed E-state index contributed by atoms with van der Waals surface area (Å²) in [6.07, 6.45) is 0.995. The first kappa shape index (κ1) is 11.0. The van der Waals surface area contributed by atoms with Crippen molar-refractivity contribution in [1.29, 1.82) is 0 Å². The van der Waals surface area contributed by atoms with Gasteiger partial charge in [0.15, 0.2) is 0 Å². The Morgan fingerprint density at radius 1 is 1.40 bits per heavy atom. The SMILES string of the molecule is C=C(C)C(=CC(=O)O)Oc1ccccc1. The molecule has 0 bridgehead atoms. The van der Waals surface area contributed by atoms with Gasteiger partial charge in [-0.3, -0.25) is 0 Å². The number of hydrogen-bond donors (Lipinski definition) is 1. The fourth-order valence-electron chi connectivity index (χ4n) is 0.967. The normalized spacial score (nSPS) is 10.9. The highest BCUT2D eigenvalue weighted by molar-refractivity contribution is 5.81. The number of carbonyl (C=O) groups is 1. The van der Waals surface area contributed by atoms with Crippen LogP contribution in [0.5, 0.6) is 5.75 Å². The third kappa shape index (κ3) is 3.68. The van der Waals surface area contributed by atoms with Crippen molar-refractivity contribution in [3.8, 4) is 5.75 Å². The van der Waals surface area contributed by atoms with Crippen molar-refractivity contribution < 1.29 is 14.6 Å². The van der Waals surface area contributed by atoms with Gasteiger partial charge in [0.05, 0.1) is 6.08 Å². The first-order valence-corrected chi connectivity index (χ1v) is 4.43. The summed E-state index contributed by atoms with van der Waals surface area (Å²) >= 11 is 0. The van der Waals surface area contributed by atoms with Crippen LogP contribution in [0.25, 0.3) is 0 Å². The molecule has 78 valence electrons. The van der Waals surface area contributed by atoms with Crippen LogP contribution in [0.15, 0.2) is 54.3 Å². The summed E-state index contributed by atoms with van der Waals surface area (Å²) in [5.74, 6) is -0.203. The van der Waals surface area contributed by atoms with Crippen molar-refractivity contribution in [3.05, 3.63) is 54.3 Å². The minimum atomic E-state index is -1.05. The van der Waals surface area contributed by atoms with Crippen LogP contribution in [0.4, 0.5) is 0 Å². The molecule has 0 aliphatic heterocycles. The van der Waals surface area contributed by atoms with E-state index in [1.54, 1.807) is 19.1 Å². The smallest absolute Gasteiger partial charge is 0.332 e. The van der Waals surface area contributed by atoms with Gasteiger partial charge in [0.1, 0.15) is 11.5 Å². The van der Waals surface area contributed by atoms with Gasteiger partial charge >= 0.3 is 5.97 Å². The standard InChI is InChI=1S/C12H12O3/c1-9(2)11(8-12(13)14)15-10-6-4-3-5-7-10/h3-8H,1H2,2H3,(H,13,14). The second-order valence-corrected chi connectivity index (χ2v) is 3.04. The molecule has 0 aromatic heterocycles. The van der Waals surface area contributed by atoms with Gasteiger partial charge in [-0.05, 0) is 24.6 Å². The summed E-state index contributed by atoms with van der Waals surface area (Å²) in [7, 11) is 0. The Hall–Kier alpha value is -2.03.